The molecule has 1 aliphatic heterocycles. The van der Waals surface area contributed by atoms with Crippen LogP contribution in [0.2, 0.25) is 0 Å². The number of carbonyl (C=O) groups is 1. The molecule has 2 nitrogen and oxygen atoms in total. The number of carbonyl (C=O) groups excluding carboxylic acids is 1. The minimum absolute atomic E-state index is 0.233. The van der Waals surface area contributed by atoms with Crippen molar-refractivity contribution in [1.82, 2.24) is 4.57 Å². The molecule has 74 valence electrons. The SMILES string of the molecule is O=C1CCCn2ccc3c2C1CCC3. The zero-order chi connectivity index (χ0) is 9.54. The molecule has 0 spiro atoms. The van der Waals surface area contributed by atoms with E-state index in [1.54, 1.807) is 0 Å². The Morgan fingerprint density at radius 3 is 3.14 bits per heavy atom. The van der Waals surface area contributed by atoms with Crippen molar-refractivity contribution in [3.8, 4) is 0 Å². The van der Waals surface area contributed by atoms with E-state index in [0.29, 0.717) is 5.78 Å². The number of Topliss-reactive ketones (excluding diaryl/α,β-unsaturated/α-hetero) is 1. The van der Waals surface area contributed by atoms with Gasteiger partial charge in [-0.2, -0.15) is 0 Å². The molecular formula is C12H15NO. The molecule has 2 heterocycles. The van der Waals surface area contributed by atoms with Gasteiger partial charge in [-0.25, -0.2) is 0 Å². The molecule has 0 N–H and O–H groups in total. The molecule has 0 saturated carbocycles. The highest BCUT2D eigenvalue weighted by atomic mass is 16.1. The Kier molecular flexibility index (Phi) is 1.76. The molecule has 2 heteroatoms. The smallest absolute Gasteiger partial charge is 0.141 e. The highest BCUT2D eigenvalue weighted by Gasteiger charge is 2.30. The van der Waals surface area contributed by atoms with Crippen LogP contribution in [0.15, 0.2) is 12.3 Å². The van der Waals surface area contributed by atoms with Crippen molar-refractivity contribution in [2.75, 3.05) is 0 Å². The van der Waals surface area contributed by atoms with Crippen molar-refractivity contribution in [1.29, 1.82) is 0 Å². The highest BCUT2D eigenvalue weighted by Crippen LogP contribution is 2.35. The van der Waals surface area contributed by atoms with E-state index in [-0.39, 0.29) is 5.92 Å². The molecule has 0 bridgehead atoms. The maximum Gasteiger partial charge on any atom is 0.141 e. The van der Waals surface area contributed by atoms with Crippen molar-refractivity contribution >= 4 is 5.78 Å². The van der Waals surface area contributed by atoms with Crippen LogP contribution in [0.5, 0.6) is 0 Å². The van der Waals surface area contributed by atoms with Crippen LogP contribution in [0.4, 0.5) is 0 Å². The summed E-state index contributed by atoms with van der Waals surface area (Å²) in [4.78, 5) is 11.9. The van der Waals surface area contributed by atoms with Crippen LogP contribution in [0.1, 0.15) is 42.9 Å². The van der Waals surface area contributed by atoms with Crippen molar-refractivity contribution < 1.29 is 4.79 Å². The lowest BCUT2D eigenvalue weighted by atomic mass is 9.84. The van der Waals surface area contributed by atoms with Crippen LogP contribution >= 0.6 is 0 Å². The van der Waals surface area contributed by atoms with E-state index in [1.165, 1.54) is 24.1 Å². The first kappa shape index (κ1) is 8.27. The summed E-state index contributed by atoms with van der Waals surface area (Å²) in [5, 5.41) is 0. The van der Waals surface area contributed by atoms with Crippen molar-refractivity contribution in [3.05, 3.63) is 23.5 Å². The average molecular weight is 189 g/mol. The summed E-state index contributed by atoms with van der Waals surface area (Å²) in [7, 11) is 0. The van der Waals surface area contributed by atoms with Crippen molar-refractivity contribution in [3.63, 3.8) is 0 Å². The van der Waals surface area contributed by atoms with E-state index in [1.807, 2.05) is 0 Å². The third kappa shape index (κ3) is 1.06. The molecule has 1 aliphatic carbocycles. The quantitative estimate of drug-likeness (QED) is 0.613. The van der Waals surface area contributed by atoms with Gasteiger partial charge in [-0.3, -0.25) is 4.79 Å². The van der Waals surface area contributed by atoms with E-state index >= 15 is 0 Å². The van der Waals surface area contributed by atoms with Gasteiger partial charge in [-0.15, -0.1) is 0 Å². The van der Waals surface area contributed by atoms with E-state index < -0.39 is 0 Å². The van der Waals surface area contributed by atoms with Crippen LogP contribution in [0.3, 0.4) is 0 Å². The monoisotopic (exact) mass is 189 g/mol. The molecule has 0 aromatic carbocycles. The summed E-state index contributed by atoms with van der Waals surface area (Å²) < 4.78 is 2.31. The van der Waals surface area contributed by atoms with Gasteiger partial charge in [0, 0.05) is 24.9 Å². The van der Waals surface area contributed by atoms with Gasteiger partial charge in [0.2, 0.25) is 0 Å². The number of rotatable bonds is 0. The summed E-state index contributed by atoms with van der Waals surface area (Å²) >= 11 is 0. The zero-order valence-corrected chi connectivity index (χ0v) is 8.33. The summed E-state index contributed by atoms with van der Waals surface area (Å²) in [6, 6.07) is 2.21. The lowest BCUT2D eigenvalue weighted by Crippen LogP contribution is -2.18. The molecule has 1 unspecified atom stereocenters. The van der Waals surface area contributed by atoms with Gasteiger partial charge in [0.15, 0.2) is 0 Å². The van der Waals surface area contributed by atoms with Crippen LogP contribution < -0.4 is 0 Å². The minimum atomic E-state index is 0.233. The molecule has 1 atom stereocenters. The number of aryl methyl sites for hydroxylation is 2. The van der Waals surface area contributed by atoms with Gasteiger partial charge in [-0.1, -0.05) is 0 Å². The fourth-order valence-corrected chi connectivity index (χ4v) is 2.91. The summed E-state index contributed by atoms with van der Waals surface area (Å²) in [6.07, 6.45) is 7.42. The normalized spacial score (nSPS) is 25.7. The Morgan fingerprint density at radius 1 is 1.29 bits per heavy atom. The number of ketones is 1. The fourth-order valence-electron chi connectivity index (χ4n) is 2.91. The molecule has 3 rings (SSSR count). The van der Waals surface area contributed by atoms with Crippen LogP contribution in [0, 0.1) is 0 Å². The van der Waals surface area contributed by atoms with E-state index in [2.05, 4.69) is 16.8 Å². The predicted molar refractivity (Wildman–Crippen MR) is 54.4 cm³/mol. The molecule has 1 aromatic heterocycles. The Balaban J connectivity index is 2.15. The van der Waals surface area contributed by atoms with E-state index in [0.717, 1.165) is 25.8 Å². The lowest BCUT2D eigenvalue weighted by Gasteiger charge is -2.21. The molecule has 1 aromatic rings. The Morgan fingerprint density at radius 2 is 2.21 bits per heavy atom. The van der Waals surface area contributed by atoms with Crippen LogP contribution in [-0.4, -0.2) is 10.4 Å². The first-order valence-electron chi connectivity index (χ1n) is 5.57. The molecule has 0 fully saturated rings. The van der Waals surface area contributed by atoms with Gasteiger partial charge < -0.3 is 4.57 Å². The number of hydrogen-bond donors (Lipinski definition) is 0. The van der Waals surface area contributed by atoms with E-state index in [4.69, 9.17) is 0 Å². The largest absolute Gasteiger partial charge is 0.350 e. The van der Waals surface area contributed by atoms with Gasteiger partial charge >= 0.3 is 0 Å². The molecular weight excluding hydrogens is 174 g/mol. The molecule has 2 aliphatic rings. The second-order valence-corrected chi connectivity index (χ2v) is 4.43. The predicted octanol–water partition coefficient (Wildman–Crippen LogP) is 2.27. The van der Waals surface area contributed by atoms with Crippen LogP contribution in [-0.2, 0) is 17.8 Å². The maximum absolute atomic E-state index is 11.9. The van der Waals surface area contributed by atoms with Gasteiger partial charge in [0.05, 0.1) is 5.92 Å². The fraction of sp³-hybridized carbons (Fsp3) is 0.583. The van der Waals surface area contributed by atoms with Gasteiger partial charge in [-0.05, 0) is 37.3 Å². The zero-order valence-electron chi connectivity index (χ0n) is 8.33. The molecule has 0 radical (unpaired) electrons. The number of aromatic nitrogens is 1. The molecule has 14 heavy (non-hydrogen) atoms. The first-order chi connectivity index (χ1) is 6.86. The summed E-state index contributed by atoms with van der Waals surface area (Å²) in [6.45, 7) is 1.04. The van der Waals surface area contributed by atoms with Gasteiger partial charge in [0.1, 0.15) is 5.78 Å². The molecule has 0 amide bonds. The minimum Gasteiger partial charge on any atom is -0.350 e. The third-order valence-electron chi connectivity index (χ3n) is 3.57. The second-order valence-electron chi connectivity index (χ2n) is 4.43. The lowest BCUT2D eigenvalue weighted by molar-refractivity contribution is -0.120. The summed E-state index contributed by atoms with van der Waals surface area (Å²) in [5.74, 6) is 0.708. The summed E-state index contributed by atoms with van der Waals surface area (Å²) in [5.41, 5.74) is 2.77. The van der Waals surface area contributed by atoms with Gasteiger partial charge in [0.25, 0.3) is 0 Å². The first-order valence-corrected chi connectivity index (χ1v) is 5.57. The Labute approximate surface area is 83.9 Å². The Hall–Kier alpha value is -1.05. The Bertz CT molecular complexity index is 378. The van der Waals surface area contributed by atoms with Crippen LogP contribution in [0.25, 0.3) is 0 Å². The third-order valence-corrected chi connectivity index (χ3v) is 3.57. The topological polar surface area (TPSA) is 22.0 Å². The molecule has 0 saturated heterocycles. The number of hydrogen-bond acceptors (Lipinski definition) is 1. The standard InChI is InChI=1S/C12H15NO/c14-11-5-2-7-13-8-6-9-3-1-4-10(11)12(9)13/h6,8,10H,1-5,7H2. The van der Waals surface area contributed by atoms with Crippen molar-refractivity contribution in [2.24, 2.45) is 0 Å². The second kappa shape index (κ2) is 2.97. The average Bonchev–Trinajstić information content (AvgIpc) is 2.53. The van der Waals surface area contributed by atoms with E-state index in [9.17, 15) is 4.79 Å². The van der Waals surface area contributed by atoms with Crippen molar-refractivity contribution in [2.45, 2.75) is 44.6 Å². The number of nitrogens with zero attached hydrogens (tertiary/aromatic N) is 1. The highest BCUT2D eigenvalue weighted by molar-refractivity contribution is 5.86. The maximum atomic E-state index is 11.9.